The summed E-state index contributed by atoms with van der Waals surface area (Å²) >= 11 is 7.18. The molecule has 0 saturated carbocycles. The van der Waals surface area contributed by atoms with E-state index in [4.69, 9.17) is 30.5 Å². The molecule has 2 aliphatic heterocycles. The maximum Gasteiger partial charge on any atom is 0.265 e. The lowest BCUT2D eigenvalue weighted by Crippen LogP contribution is -2.47. The number of sulfone groups is 1. The highest BCUT2D eigenvalue weighted by molar-refractivity contribution is 7.91. The van der Waals surface area contributed by atoms with Gasteiger partial charge in [0.1, 0.15) is 23.3 Å². The molecule has 1 fully saturated rings. The molecule has 1 saturated heterocycles. The molecule has 0 N–H and O–H groups in total. The zero-order chi connectivity index (χ0) is 20.6. The Kier molecular flexibility index (Phi) is 5.60. The molecule has 0 radical (unpaired) electrons. The van der Waals surface area contributed by atoms with E-state index < -0.39 is 9.84 Å². The molecule has 1 aromatic carbocycles. The minimum atomic E-state index is -3.49. The first-order valence-electron chi connectivity index (χ1n) is 8.73. The van der Waals surface area contributed by atoms with E-state index in [0.717, 1.165) is 17.6 Å². The maximum atomic E-state index is 12.8. The molecule has 4 rings (SSSR count). The summed E-state index contributed by atoms with van der Waals surface area (Å²) in [6.45, 7) is 1.49. The lowest BCUT2D eigenvalue weighted by atomic mass is 10.2. The monoisotopic (exact) mass is 459 g/mol. The van der Waals surface area contributed by atoms with Crippen molar-refractivity contribution >= 4 is 38.7 Å². The van der Waals surface area contributed by atoms with Gasteiger partial charge in [0.25, 0.3) is 5.91 Å². The molecule has 1 aromatic heterocycles. The predicted molar refractivity (Wildman–Crippen MR) is 106 cm³/mol. The number of carbonyl (C=O) groups excluding carboxylic acids is 1. The van der Waals surface area contributed by atoms with Crippen molar-refractivity contribution in [3.8, 4) is 17.2 Å². The molecule has 0 spiro atoms. The number of fused-ring (bicyclic) bond motifs is 1. The zero-order valence-corrected chi connectivity index (χ0v) is 17.8. The second-order valence-electron chi connectivity index (χ2n) is 6.59. The summed E-state index contributed by atoms with van der Waals surface area (Å²) in [5.74, 6) is 1.59. The van der Waals surface area contributed by atoms with Crippen LogP contribution in [0.2, 0.25) is 5.02 Å². The number of ether oxygens (including phenoxy) is 4. The van der Waals surface area contributed by atoms with E-state index in [1.54, 1.807) is 23.1 Å². The van der Waals surface area contributed by atoms with Crippen molar-refractivity contribution in [2.75, 3.05) is 39.4 Å². The van der Waals surface area contributed by atoms with Gasteiger partial charge in [0.05, 0.1) is 23.1 Å². The highest BCUT2D eigenvalue weighted by atomic mass is 35.5. The van der Waals surface area contributed by atoms with Gasteiger partial charge in [-0.3, -0.25) is 4.79 Å². The van der Waals surface area contributed by atoms with Crippen LogP contribution in [0.25, 0.3) is 0 Å². The normalized spacial score (nSPS) is 18.7. The predicted octanol–water partition coefficient (Wildman–Crippen LogP) is 2.45. The third-order valence-electron chi connectivity index (χ3n) is 4.50. The zero-order valence-electron chi connectivity index (χ0n) is 15.4. The fraction of sp³-hybridized carbons (Fsp3) is 0.389. The third kappa shape index (κ3) is 4.30. The van der Waals surface area contributed by atoms with Crippen molar-refractivity contribution in [1.82, 2.24) is 4.90 Å². The van der Waals surface area contributed by atoms with Gasteiger partial charge in [-0.1, -0.05) is 11.6 Å². The van der Waals surface area contributed by atoms with Crippen molar-refractivity contribution in [2.24, 2.45) is 0 Å². The lowest BCUT2D eigenvalue weighted by Gasteiger charge is -2.32. The largest absolute Gasteiger partial charge is 0.491 e. The van der Waals surface area contributed by atoms with Gasteiger partial charge in [-0.2, -0.15) is 0 Å². The standard InChI is InChI=1S/C18H18ClNO7S2/c1-29(22,23)15-9-28-17(16(15)19)18(21)20-4-5-24-12(7-20)8-25-11-2-3-13-14(6-11)27-10-26-13/h2-3,6,9,12H,4-5,7-8,10H2,1H3. The smallest absolute Gasteiger partial charge is 0.265 e. The first-order valence-corrected chi connectivity index (χ1v) is 11.9. The number of carbonyl (C=O) groups is 1. The fourth-order valence-corrected chi connectivity index (χ4v) is 5.90. The van der Waals surface area contributed by atoms with Crippen molar-refractivity contribution in [3.05, 3.63) is 33.5 Å². The molecule has 1 atom stereocenters. The van der Waals surface area contributed by atoms with Crippen LogP contribution in [0, 0.1) is 0 Å². The Morgan fingerprint density at radius 2 is 2.14 bits per heavy atom. The summed E-state index contributed by atoms with van der Waals surface area (Å²) in [4.78, 5) is 14.6. The number of halogens is 1. The van der Waals surface area contributed by atoms with Gasteiger partial charge in [-0.25, -0.2) is 8.42 Å². The Morgan fingerprint density at radius 1 is 1.34 bits per heavy atom. The van der Waals surface area contributed by atoms with Crippen LogP contribution in [0.3, 0.4) is 0 Å². The highest BCUT2D eigenvalue weighted by Crippen LogP contribution is 2.35. The van der Waals surface area contributed by atoms with E-state index in [2.05, 4.69) is 0 Å². The first-order chi connectivity index (χ1) is 13.8. The first kappa shape index (κ1) is 20.3. The van der Waals surface area contributed by atoms with Crippen LogP contribution >= 0.6 is 22.9 Å². The second-order valence-corrected chi connectivity index (χ2v) is 9.83. The van der Waals surface area contributed by atoms with Crippen LogP contribution in [-0.4, -0.2) is 64.7 Å². The molecular weight excluding hydrogens is 442 g/mol. The molecule has 29 heavy (non-hydrogen) atoms. The number of morpholine rings is 1. The second kappa shape index (κ2) is 8.02. The van der Waals surface area contributed by atoms with Crippen molar-refractivity contribution in [1.29, 1.82) is 0 Å². The molecule has 1 unspecified atom stereocenters. The van der Waals surface area contributed by atoms with Gasteiger partial charge in [-0.15, -0.1) is 11.3 Å². The summed E-state index contributed by atoms with van der Waals surface area (Å²) in [7, 11) is -3.49. The summed E-state index contributed by atoms with van der Waals surface area (Å²) in [5, 5.41) is 1.37. The van der Waals surface area contributed by atoms with Crippen LogP contribution in [-0.2, 0) is 14.6 Å². The summed E-state index contributed by atoms with van der Waals surface area (Å²) in [6, 6.07) is 5.29. The minimum Gasteiger partial charge on any atom is -0.491 e. The quantitative estimate of drug-likeness (QED) is 0.678. The lowest BCUT2D eigenvalue weighted by molar-refractivity contribution is -0.0400. The van der Waals surface area contributed by atoms with Gasteiger partial charge >= 0.3 is 0 Å². The third-order valence-corrected chi connectivity index (χ3v) is 7.35. The number of hydrogen-bond acceptors (Lipinski definition) is 8. The van der Waals surface area contributed by atoms with E-state index >= 15 is 0 Å². The molecule has 1 amide bonds. The van der Waals surface area contributed by atoms with Crippen LogP contribution in [0.4, 0.5) is 0 Å². The Hall–Kier alpha value is -2.01. The van der Waals surface area contributed by atoms with Crippen LogP contribution in [0.15, 0.2) is 28.5 Å². The van der Waals surface area contributed by atoms with Crippen molar-refractivity contribution in [3.63, 3.8) is 0 Å². The number of amides is 1. The number of benzene rings is 1. The van der Waals surface area contributed by atoms with Gasteiger partial charge in [-0.05, 0) is 12.1 Å². The van der Waals surface area contributed by atoms with Crippen molar-refractivity contribution < 1.29 is 32.2 Å². The summed E-state index contributed by atoms with van der Waals surface area (Å²) in [5.41, 5.74) is 0. The average Bonchev–Trinajstić information content (AvgIpc) is 3.31. The molecule has 2 aliphatic rings. The number of rotatable bonds is 5. The number of hydrogen-bond donors (Lipinski definition) is 0. The van der Waals surface area contributed by atoms with E-state index in [0.29, 0.717) is 36.9 Å². The summed E-state index contributed by atoms with van der Waals surface area (Å²) < 4.78 is 45.6. The van der Waals surface area contributed by atoms with E-state index in [1.165, 1.54) is 5.38 Å². The molecule has 11 heteroatoms. The van der Waals surface area contributed by atoms with Crippen LogP contribution in [0.1, 0.15) is 9.67 Å². The molecule has 0 bridgehead atoms. The number of nitrogens with zero attached hydrogens (tertiary/aromatic N) is 1. The molecule has 3 heterocycles. The molecule has 8 nitrogen and oxygen atoms in total. The Labute approximate surface area is 176 Å². The average molecular weight is 460 g/mol. The Bertz CT molecular complexity index is 1040. The van der Waals surface area contributed by atoms with Gasteiger partial charge < -0.3 is 23.8 Å². The maximum absolute atomic E-state index is 12.8. The molecule has 156 valence electrons. The Balaban J connectivity index is 1.39. The molecular formula is C18H18ClNO7S2. The fourth-order valence-electron chi connectivity index (χ4n) is 3.03. The van der Waals surface area contributed by atoms with Crippen molar-refractivity contribution in [2.45, 2.75) is 11.0 Å². The van der Waals surface area contributed by atoms with E-state index in [1.807, 2.05) is 0 Å². The SMILES string of the molecule is CS(=O)(=O)c1csc(C(=O)N2CCOC(COc3ccc4c(c3)OCO4)C2)c1Cl. The van der Waals surface area contributed by atoms with Gasteiger partial charge in [0, 0.05) is 24.2 Å². The number of thiophene rings is 1. The molecule has 2 aromatic rings. The molecule has 0 aliphatic carbocycles. The summed E-state index contributed by atoms with van der Waals surface area (Å²) in [6.07, 6.45) is 0.735. The topological polar surface area (TPSA) is 91.4 Å². The van der Waals surface area contributed by atoms with Gasteiger partial charge in [0.15, 0.2) is 21.3 Å². The van der Waals surface area contributed by atoms with E-state index in [9.17, 15) is 13.2 Å². The van der Waals surface area contributed by atoms with E-state index in [-0.39, 0.29) is 40.2 Å². The van der Waals surface area contributed by atoms with Crippen LogP contribution < -0.4 is 14.2 Å². The van der Waals surface area contributed by atoms with Gasteiger partial charge in [0.2, 0.25) is 6.79 Å². The highest BCUT2D eigenvalue weighted by Gasteiger charge is 2.30. The van der Waals surface area contributed by atoms with Crippen LogP contribution in [0.5, 0.6) is 17.2 Å². The minimum absolute atomic E-state index is 0.0246. The Morgan fingerprint density at radius 3 is 2.90 bits per heavy atom.